The summed E-state index contributed by atoms with van der Waals surface area (Å²) in [5.41, 5.74) is 0. The molecule has 0 amide bonds. The number of rotatable bonds is 8. The van der Waals surface area contributed by atoms with Gasteiger partial charge in [-0.15, -0.1) is 0 Å². The Morgan fingerprint density at radius 3 is 2.23 bits per heavy atom. The fourth-order valence-corrected chi connectivity index (χ4v) is 6.50. The lowest BCUT2D eigenvalue weighted by Crippen LogP contribution is -2.45. The Morgan fingerprint density at radius 2 is 1.54 bits per heavy atom. The van der Waals surface area contributed by atoms with E-state index in [0.717, 1.165) is 24.3 Å². The van der Waals surface area contributed by atoms with Gasteiger partial charge in [-0.25, -0.2) is 0 Å². The van der Waals surface area contributed by atoms with Crippen LogP contribution in [0.25, 0.3) is 0 Å². The number of nitrogens with zero attached hydrogens (tertiary/aromatic N) is 1. The third-order valence-corrected chi connectivity index (χ3v) is 7.70. The van der Waals surface area contributed by atoms with Gasteiger partial charge in [-0.05, 0) is 69.9 Å². The summed E-state index contributed by atoms with van der Waals surface area (Å²) in [4.78, 5) is 2.38. The number of ether oxygens (including phenoxy) is 1. The van der Waals surface area contributed by atoms with Crippen LogP contribution >= 0.6 is 0 Å². The van der Waals surface area contributed by atoms with Gasteiger partial charge in [-0.1, -0.05) is 44.9 Å². The summed E-state index contributed by atoms with van der Waals surface area (Å²) in [6, 6.07) is 0. The molecule has 3 fully saturated rings. The van der Waals surface area contributed by atoms with Crippen LogP contribution in [0.1, 0.15) is 77.0 Å². The van der Waals surface area contributed by atoms with E-state index in [1.54, 1.807) is 0 Å². The molecule has 0 saturated heterocycles. The molecule has 3 unspecified atom stereocenters. The zero-order chi connectivity index (χ0) is 18.4. The smallest absolute Gasteiger partial charge is 0.0701 e. The van der Waals surface area contributed by atoms with Crippen LogP contribution in [-0.2, 0) is 4.74 Å². The minimum Gasteiger partial charge on any atom is -0.394 e. The first-order valence-electron chi connectivity index (χ1n) is 11.6. The zero-order valence-electron chi connectivity index (χ0n) is 17.4. The molecule has 0 aliphatic heterocycles. The Bertz CT molecular complexity index is 394. The lowest BCUT2D eigenvalue weighted by molar-refractivity contribution is -0.0791. The second-order valence-corrected chi connectivity index (χ2v) is 9.76. The molecule has 3 aliphatic rings. The maximum atomic E-state index is 9.41. The second kappa shape index (κ2) is 10.4. The van der Waals surface area contributed by atoms with Crippen molar-refractivity contribution in [3.05, 3.63) is 0 Å². The normalized spacial score (nSPS) is 33.0. The Kier molecular flexibility index (Phi) is 8.27. The van der Waals surface area contributed by atoms with Crippen molar-refractivity contribution in [3.63, 3.8) is 0 Å². The standard InChI is InChI=1S/C23H43NO2/c1-24(2)17-22(21-13-12-18-8-6-7-11-20(18)16-21)23(26-15-14-25)19-9-4-3-5-10-19/h18-23,25H,3-17H2,1-2H3/t18?,20?,21?,22-,23-/m1/s1. The molecule has 3 rings (SSSR count). The molecule has 3 aliphatic carbocycles. The van der Waals surface area contributed by atoms with Gasteiger partial charge < -0.3 is 14.7 Å². The third kappa shape index (κ3) is 5.45. The van der Waals surface area contributed by atoms with Gasteiger partial charge in [0.25, 0.3) is 0 Å². The van der Waals surface area contributed by atoms with Gasteiger partial charge in [0, 0.05) is 12.5 Å². The van der Waals surface area contributed by atoms with Crippen LogP contribution in [0.4, 0.5) is 0 Å². The predicted octanol–water partition coefficient (Wildman–Crippen LogP) is 4.73. The van der Waals surface area contributed by atoms with E-state index >= 15 is 0 Å². The van der Waals surface area contributed by atoms with Gasteiger partial charge in [0.15, 0.2) is 0 Å². The van der Waals surface area contributed by atoms with Crippen LogP contribution in [0.2, 0.25) is 0 Å². The maximum Gasteiger partial charge on any atom is 0.0701 e. The van der Waals surface area contributed by atoms with Gasteiger partial charge in [0.05, 0.1) is 19.3 Å². The fourth-order valence-electron chi connectivity index (χ4n) is 6.50. The van der Waals surface area contributed by atoms with Gasteiger partial charge in [0.1, 0.15) is 0 Å². The van der Waals surface area contributed by atoms with Crippen LogP contribution in [0, 0.1) is 29.6 Å². The van der Waals surface area contributed by atoms with Crippen LogP contribution in [0.15, 0.2) is 0 Å². The fraction of sp³-hybridized carbons (Fsp3) is 1.00. The molecule has 3 nitrogen and oxygen atoms in total. The van der Waals surface area contributed by atoms with E-state index in [2.05, 4.69) is 19.0 Å². The highest BCUT2D eigenvalue weighted by molar-refractivity contribution is 4.91. The van der Waals surface area contributed by atoms with Crippen molar-refractivity contribution in [3.8, 4) is 0 Å². The van der Waals surface area contributed by atoms with E-state index < -0.39 is 0 Å². The molecular weight excluding hydrogens is 322 g/mol. The first-order valence-corrected chi connectivity index (χ1v) is 11.6. The van der Waals surface area contributed by atoms with Crippen LogP contribution in [-0.4, -0.2) is 50.0 Å². The van der Waals surface area contributed by atoms with Gasteiger partial charge in [-0.2, -0.15) is 0 Å². The maximum absolute atomic E-state index is 9.41. The van der Waals surface area contributed by atoms with E-state index in [9.17, 15) is 5.11 Å². The Labute approximate surface area is 161 Å². The molecule has 0 aromatic carbocycles. The highest BCUT2D eigenvalue weighted by Gasteiger charge is 2.41. The van der Waals surface area contributed by atoms with Gasteiger partial charge in [-0.3, -0.25) is 0 Å². The highest BCUT2D eigenvalue weighted by Crippen LogP contribution is 2.47. The van der Waals surface area contributed by atoms with Crippen molar-refractivity contribution < 1.29 is 9.84 Å². The number of hydrogen-bond acceptors (Lipinski definition) is 3. The Hall–Kier alpha value is -0.120. The van der Waals surface area contributed by atoms with E-state index in [1.165, 1.54) is 77.0 Å². The SMILES string of the molecule is CN(C)C[C@H](C1CCC2CCCCC2C1)[C@H](OCCO)C1CCCCC1. The van der Waals surface area contributed by atoms with E-state index in [-0.39, 0.29) is 6.61 Å². The van der Waals surface area contributed by atoms with E-state index in [0.29, 0.717) is 24.5 Å². The van der Waals surface area contributed by atoms with Crippen LogP contribution in [0.3, 0.4) is 0 Å². The molecule has 0 spiro atoms. The molecule has 0 aromatic heterocycles. The molecule has 0 heterocycles. The average molecular weight is 366 g/mol. The van der Waals surface area contributed by atoms with Gasteiger partial charge in [0.2, 0.25) is 0 Å². The average Bonchev–Trinajstić information content (AvgIpc) is 2.67. The molecule has 3 heteroatoms. The summed E-state index contributed by atoms with van der Waals surface area (Å²) < 4.78 is 6.41. The molecule has 3 saturated carbocycles. The van der Waals surface area contributed by atoms with Crippen LogP contribution in [0.5, 0.6) is 0 Å². The Balaban J connectivity index is 1.72. The third-order valence-electron chi connectivity index (χ3n) is 7.70. The number of hydrogen-bond donors (Lipinski definition) is 1. The summed E-state index contributed by atoms with van der Waals surface area (Å²) in [6.45, 7) is 1.83. The first kappa shape index (κ1) is 20.6. The molecule has 0 radical (unpaired) electrons. The van der Waals surface area contributed by atoms with Crippen molar-refractivity contribution in [1.29, 1.82) is 0 Å². The zero-order valence-corrected chi connectivity index (χ0v) is 17.4. The molecule has 152 valence electrons. The highest BCUT2D eigenvalue weighted by atomic mass is 16.5. The molecule has 5 atom stereocenters. The van der Waals surface area contributed by atoms with Crippen molar-refractivity contribution in [2.24, 2.45) is 29.6 Å². The number of fused-ring (bicyclic) bond motifs is 1. The minimum atomic E-state index is 0.160. The van der Waals surface area contributed by atoms with Crippen molar-refractivity contribution >= 4 is 0 Å². The largest absolute Gasteiger partial charge is 0.394 e. The summed E-state index contributed by atoms with van der Waals surface area (Å²) in [6.07, 6.45) is 17.3. The summed E-state index contributed by atoms with van der Waals surface area (Å²) in [5, 5.41) is 9.41. The van der Waals surface area contributed by atoms with Crippen LogP contribution < -0.4 is 0 Å². The first-order chi connectivity index (χ1) is 12.7. The molecule has 1 N–H and O–H groups in total. The quantitative estimate of drug-likeness (QED) is 0.675. The van der Waals surface area contributed by atoms with Gasteiger partial charge >= 0.3 is 0 Å². The molecule has 0 bridgehead atoms. The van der Waals surface area contributed by atoms with E-state index in [4.69, 9.17) is 4.74 Å². The lowest BCUT2D eigenvalue weighted by Gasteiger charge is -2.46. The monoisotopic (exact) mass is 365 g/mol. The van der Waals surface area contributed by atoms with E-state index in [1.807, 2.05) is 0 Å². The topological polar surface area (TPSA) is 32.7 Å². The van der Waals surface area contributed by atoms with Crippen molar-refractivity contribution in [2.45, 2.75) is 83.2 Å². The minimum absolute atomic E-state index is 0.160. The number of aliphatic hydroxyl groups is 1. The number of aliphatic hydroxyl groups excluding tert-OH is 1. The van der Waals surface area contributed by atoms with Crippen molar-refractivity contribution in [2.75, 3.05) is 33.9 Å². The molecular formula is C23H43NO2. The lowest BCUT2D eigenvalue weighted by atomic mass is 9.63. The molecule has 26 heavy (non-hydrogen) atoms. The summed E-state index contributed by atoms with van der Waals surface area (Å²) in [5.74, 6) is 4.18. The Morgan fingerprint density at radius 1 is 0.846 bits per heavy atom. The summed E-state index contributed by atoms with van der Waals surface area (Å²) >= 11 is 0. The summed E-state index contributed by atoms with van der Waals surface area (Å²) in [7, 11) is 4.45. The molecule has 0 aromatic rings. The predicted molar refractivity (Wildman–Crippen MR) is 108 cm³/mol. The second-order valence-electron chi connectivity index (χ2n) is 9.76. The van der Waals surface area contributed by atoms with Crippen molar-refractivity contribution in [1.82, 2.24) is 4.90 Å².